The predicted octanol–water partition coefficient (Wildman–Crippen LogP) is 6.12. The normalized spacial score (nSPS) is 16.3. The summed E-state index contributed by atoms with van der Waals surface area (Å²) in [6, 6.07) is 29.7. The van der Waals surface area contributed by atoms with E-state index < -0.39 is 12.2 Å². The fourth-order valence-corrected chi connectivity index (χ4v) is 7.14. The second kappa shape index (κ2) is 17.4. The molecule has 8 N–H and O–H groups in total. The van der Waals surface area contributed by atoms with Crippen LogP contribution >= 0.6 is 0 Å². The zero-order chi connectivity index (χ0) is 37.3. The molecule has 11 heteroatoms. The summed E-state index contributed by atoms with van der Waals surface area (Å²) in [6.07, 6.45) is 2.81. The summed E-state index contributed by atoms with van der Waals surface area (Å²) in [5.41, 5.74) is 12.2. The summed E-state index contributed by atoms with van der Waals surface area (Å²) < 4.78 is 0. The van der Waals surface area contributed by atoms with Gasteiger partial charge in [0.05, 0.1) is 17.3 Å². The lowest BCUT2D eigenvalue weighted by molar-refractivity contribution is -0.121. The SMILES string of the molecule is N[C@H]1CC[C@H](N(C(=O)O)c2cc(CCCC(=O)NCc3ccc(CNC[C@H](O)c4ccc(O)c5[nH]c(=O)ccc45)cc3)ccc2-c2ccccc2)CC1. The number of phenolic OH excluding ortho intramolecular Hbond substituents is 1. The first-order chi connectivity index (χ1) is 25.7. The minimum Gasteiger partial charge on any atom is -0.506 e. The van der Waals surface area contributed by atoms with Crippen molar-refractivity contribution in [3.05, 3.63) is 130 Å². The van der Waals surface area contributed by atoms with Gasteiger partial charge in [0.25, 0.3) is 0 Å². The number of aryl methyl sites for hydroxylation is 1. The first-order valence-electron chi connectivity index (χ1n) is 18.2. The molecule has 6 rings (SSSR count). The van der Waals surface area contributed by atoms with E-state index in [1.165, 1.54) is 17.0 Å². The molecule has 1 aliphatic carbocycles. The lowest BCUT2D eigenvalue weighted by atomic mass is 9.89. The number of anilines is 1. The van der Waals surface area contributed by atoms with Crippen LogP contribution in [0.3, 0.4) is 0 Å². The van der Waals surface area contributed by atoms with Crippen LogP contribution in [-0.2, 0) is 24.3 Å². The number of fused-ring (bicyclic) bond motifs is 1. The van der Waals surface area contributed by atoms with E-state index in [0.29, 0.717) is 54.5 Å². The van der Waals surface area contributed by atoms with Gasteiger partial charge in [-0.05, 0) is 84.5 Å². The molecule has 1 aliphatic rings. The Balaban J connectivity index is 0.988. The average molecular weight is 718 g/mol. The number of carbonyl (C=O) groups is 2. The third-order valence-corrected chi connectivity index (χ3v) is 10.0. The van der Waals surface area contributed by atoms with Gasteiger partial charge >= 0.3 is 6.09 Å². The van der Waals surface area contributed by atoms with Gasteiger partial charge in [-0.2, -0.15) is 0 Å². The topological polar surface area (TPSA) is 181 Å². The zero-order valence-corrected chi connectivity index (χ0v) is 29.6. The van der Waals surface area contributed by atoms with Crippen LogP contribution in [0.4, 0.5) is 10.5 Å². The Morgan fingerprint density at radius 3 is 2.28 bits per heavy atom. The molecule has 276 valence electrons. The van der Waals surface area contributed by atoms with Crippen molar-refractivity contribution < 1.29 is 24.9 Å². The maximum atomic E-state index is 12.8. The Kier molecular flexibility index (Phi) is 12.2. The molecule has 1 atom stereocenters. The molecule has 0 radical (unpaired) electrons. The van der Waals surface area contributed by atoms with E-state index in [2.05, 4.69) is 15.6 Å². The van der Waals surface area contributed by atoms with Crippen molar-refractivity contribution in [3.8, 4) is 16.9 Å². The Morgan fingerprint density at radius 2 is 1.57 bits per heavy atom. The number of carboxylic acid groups (broad SMARTS) is 1. The molecule has 0 spiro atoms. The minimum absolute atomic E-state index is 0.0520. The van der Waals surface area contributed by atoms with E-state index in [9.17, 15) is 29.7 Å². The Morgan fingerprint density at radius 1 is 0.868 bits per heavy atom. The molecule has 1 saturated carbocycles. The molecular formula is C42H47N5O6. The maximum absolute atomic E-state index is 12.8. The second-order valence-electron chi connectivity index (χ2n) is 13.8. The molecule has 53 heavy (non-hydrogen) atoms. The van der Waals surface area contributed by atoms with Gasteiger partial charge in [-0.1, -0.05) is 72.8 Å². The van der Waals surface area contributed by atoms with Crippen LogP contribution in [0.15, 0.2) is 102 Å². The smallest absolute Gasteiger partial charge is 0.412 e. The molecule has 11 nitrogen and oxygen atoms in total. The summed E-state index contributed by atoms with van der Waals surface area (Å²) >= 11 is 0. The van der Waals surface area contributed by atoms with Crippen molar-refractivity contribution in [2.75, 3.05) is 11.4 Å². The number of aromatic nitrogens is 1. The first kappa shape index (κ1) is 37.3. The molecule has 2 amide bonds. The quantitative estimate of drug-likeness (QED) is 0.0718. The molecule has 1 fully saturated rings. The van der Waals surface area contributed by atoms with E-state index >= 15 is 0 Å². The number of nitrogens with one attached hydrogen (secondary N) is 3. The number of rotatable bonds is 14. The average Bonchev–Trinajstić information content (AvgIpc) is 3.16. The van der Waals surface area contributed by atoms with Crippen LogP contribution < -0.4 is 26.8 Å². The van der Waals surface area contributed by atoms with Crippen LogP contribution in [0.5, 0.6) is 5.75 Å². The number of benzene rings is 4. The Labute approximate surface area is 308 Å². The molecule has 1 heterocycles. The van der Waals surface area contributed by atoms with Gasteiger partial charge in [-0.15, -0.1) is 0 Å². The van der Waals surface area contributed by atoms with Crippen molar-refractivity contribution in [2.45, 2.75) is 76.2 Å². The van der Waals surface area contributed by atoms with Crippen molar-refractivity contribution in [2.24, 2.45) is 5.73 Å². The lowest BCUT2D eigenvalue weighted by Crippen LogP contribution is -2.44. The number of pyridine rings is 1. The van der Waals surface area contributed by atoms with Crippen molar-refractivity contribution in [1.29, 1.82) is 0 Å². The molecule has 0 saturated heterocycles. The fourth-order valence-electron chi connectivity index (χ4n) is 7.14. The molecule has 1 aromatic heterocycles. The molecular weight excluding hydrogens is 670 g/mol. The van der Waals surface area contributed by atoms with Crippen molar-refractivity contribution in [3.63, 3.8) is 0 Å². The third kappa shape index (κ3) is 9.50. The number of hydrogen-bond donors (Lipinski definition) is 7. The minimum atomic E-state index is -0.970. The predicted molar refractivity (Wildman–Crippen MR) is 207 cm³/mol. The molecule has 4 aromatic carbocycles. The van der Waals surface area contributed by atoms with Crippen LogP contribution in [0.1, 0.15) is 66.9 Å². The number of hydrogen-bond acceptors (Lipinski definition) is 7. The highest BCUT2D eigenvalue weighted by Crippen LogP contribution is 2.36. The number of aromatic amines is 1. The second-order valence-corrected chi connectivity index (χ2v) is 13.8. The summed E-state index contributed by atoms with van der Waals surface area (Å²) in [7, 11) is 0. The molecule has 5 aromatic rings. The van der Waals surface area contributed by atoms with Crippen LogP contribution in [0.2, 0.25) is 0 Å². The standard InChI is InChI=1S/C42H47N5O6/c43-31-14-16-32(17-15-31)47(42(52)53)36-23-27(13-18-33(36)30-6-2-1-3-7-30)5-4-8-39(50)45-25-29-11-9-28(10-12-29)24-44-26-38(49)34-19-21-37(48)41-35(34)20-22-40(51)46-41/h1-3,6-7,9-13,18-23,31-32,38,44,48-49H,4-5,8,14-17,24-26,43H2,(H,45,50)(H,46,51)(H,52,53)/t31-,32-,38-/m0/s1. The number of aliphatic hydroxyl groups excluding tert-OH is 1. The Hall–Kier alpha value is -5.49. The fraction of sp³-hybridized carbons (Fsp3) is 0.310. The zero-order valence-electron chi connectivity index (χ0n) is 29.6. The van der Waals surface area contributed by atoms with Gasteiger partial charge in [0.2, 0.25) is 11.5 Å². The number of nitrogens with two attached hydrogens (primary N) is 1. The van der Waals surface area contributed by atoms with Gasteiger partial charge in [0, 0.05) is 55.2 Å². The number of phenols is 1. The van der Waals surface area contributed by atoms with Crippen LogP contribution in [0, 0.1) is 0 Å². The first-order valence-corrected chi connectivity index (χ1v) is 18.2. The van der Waals surface area contributed by atoms with Gasteiger partial charge in [-0.25, -0.2) is 4.79 Å². The summed E-state index contributed by atoms with van der Waals surface area (Å²) in [4.78, 5) is 41.3. The number of amides is 2. The van der Waals surface area contributed by atoms with Crippen LogP contribution in [-0.4, -0.2) is 50.9 Å². The van der Waals surface area contributed by atoms with E-state index in [0.717, 1.165) is 53.5 Å². The Bertz CT molecular complexity index is 2080. The summed E-state index contributed by atoms with van der Waals surface area (Å²) in [5.74, 6) is -0.105. The number of H-pyrrole nitrogens is 1. The maximum Gasteiger partial charge on any atom is 0.412 e. The van der Waals surface area contributed by atoms with Crippen LogP contribution in [0.25, 0.3) is 22.0 Å². The number of nitrogens with zero attached hydrogens (tertiary/aromatic N) is 1. The number of aliphatic hydroxyl groups is 1. The van der Waals surface area contributed by atoms with E-state index in [1.54, 1.807) is 12.1 Å². The highest BCUT2D eigenvalue weighted by molar-refractivity contribution is 5.94. The van der Waals surface area contributed by atoms with Gasteiger partial charge in [0.1, 0.15) is 5.75 Å². The summed E-state index contributed by atoms with van der Waals surface area (Å²) in [6.45, 7) is 1.18. The third-order valence-electron chi connectivity index (χ3n) is 10.0. The lowest BCUT2D eigenvalue weighted by Gasteiger charge is -2.35. The molecule has 0 aliphatic heterocycles. The highest BCUT2D eigenvalue weighted by Gasteiger charge is 2.30. The largest absolute Gasteiger partial charge is 0.506 e. The molecule has 0 unspecified atom stereocenters. The summed E-state index contributed by atoms with van der Waals surface area (Å²) in [5, 5.41) is 38.1. The van der Waals surface area contributed by atoms with E-state index in [1.807, 2.05) is 72.8 Å². The van der Waals surface area contributed by atoms with Crippen molar-refractivity contribution >= 4 is 28.6 Å². The van der Waals surface area contributed by atoms with Gasteiger partial charge in [-0.3, -0.25) is 14.5 Å². The number of aromatic hydroxyl groups is 1. The van der Waals surface area contributed by atoms with E-state index in [-0.39, 0.29) is 35.8 Å². The number of carbonyl (C=O) groups excluding carboxylic acids is 1. The van der Waals surface area contributed by atoms with E-state index in [4.69, 9.17) is 5.73 Å². The highest BCUT2D eigenvalue weighted by atomic mass is 16.4. The van der Waals surface area contributed by atoms with Crippen molar-refractivity contribution in [1.82, 2.24) is 15.6 Å². The van der Waals surface area contributed by atoms with Gasteiger partial charge in [0.15, 0.2) is 0 Å². The monoisotopic (exact) mass is 717 g/mol. The molecule has 0 bridgehead atoms. The van der Waals surface area contributed by atoms with Gasteiger partial charge < -0.3 is 36.7 Å².